The largest absolute Gasteiger partial charge is 0.494 e. The summed E-state index contributed by atoms with van der Waals surface area (Å²) in [7, 11) is 0. The summed E-state index contributed by atoms with van der Waals surface area (Å²) in [5.41, 5.74) is 0.626. The van der Waals surface area contributed by atoms with Crippen LogP contribution in [0.2, 0.25) is 0 Å². The molecule has 1 rings (SSSR count). The summed E-state index contributed by atoms with van der Waals surface area (Å²) in [4.78, 5) is 22.6. The van der Waals surface area contributed by atoms with Crippen LogP contribution in [0, 0.1) is 0 Å². The van der Waals surface area contributed by atoms with E-state index >= 15 is 0 Å². The highest BCUT2D eigenvalue weighted by atomic mass is 16.5. The van der Waals surface area contributed by atoms with Crippen LogP contribution in [-0.2, 0) is 4.79 Å². The lowest BCUT2D eigenvalue weighted by Gasteiger charge is -2.16. The molecule has 6 heteroatoms. The zero-order valence-corrected chi connectivity index (χ0v) is 12.4. The predicted molar refractivity (Wildman–Crippen MR) is 80.7 cm³/mol. The number of carboxylic acids is 1. The van der Waals surface area contributed by atoms with Crippen molar-refractivity contribution in [2.45, 2.75) is 39.2 Å². The van der Waals surface area contributed by atoms with Crippen LogP contribution in [0.3, 0.4) is 0 Å². The Balaban J connectivity index is 2.52. The lowest BCUT2D eigenvalue weighted by atomic mass is 10.1. The van der Waals surface area contributed by atoms with Crippen molar-refractivity contribution in [1.82, 2.24) is 5.32 Å². The average molecular weight is 294 g/mol. The summed E-state index contributed by atoms with van der Waals surface area (Å²) in [6, 6.07) is 6.22. The number of rotatable bonds is 8. The molecule has 1 atom stereocenters. The molecule has 1 aromatic carbocycles. The Kier molecular flexibility index (Phi) is 7.08. The number of anilines is 1. The second-order valence-corrected chi connectivity index (χ2v) is 4.64. The van der Waals surface area contributed by atoms with Crippen molar-refractivity contribution in [3.8, 4) is 5.75 Å². The molecule has 0 aromatic heterocycles. The van der Waals surface area contributed by atoms with Gasteiger partial charge in [-0.15, -0.1) is 0 Å². The maximum atomic E-state index is 11.8. The Morgan fingerprint density at radius 3 is 2.43 bits per heavy atom. The van der Waals surface area contributed by atoms with Crippen molar-refractivity contribution in [2.24, 2.45) is 0 Å². The highest BCUT2D eigenvalue weighted by Gasteiger charge is 2.15. The minimum atomic E-state index is -0.921. The van der Waals surface area contributed by atoms with E-state index in [0.29, 0.717) is 18.7 Å². The standard InChI is InChI=1S/C15H22N2O4/c1-3-5-12(10-14(18)19)17-15(20)16-11-6-8-13(9-7-11)21-4-2/h6-9,12H,3-5,10H2,1-2H3,(H,18,19)(H2,16,17,20). The molecule has 0 aliphatic rings. The number of ether oxygens (including phenoxy) is 1. The van der Waals surface area contributed by atoms with E-state index in [2.05, 4.69) is 10.6 Å². The number of urea groups is 1. The molecular weight excluding hydrogens is 272 g/mol. The third kappa shape index (κ3) is 6.65. The number of carbonyl (C=O) groups excluding carboxylic acids is 1. The first-order chi connectivity index (χ1) is 10.0. The average Bonchev–Trinajstić information content (AvgIpc) is 2.40. The molecule has 0 spiro atoms. The van der Waals surface area contributed by atoms with E-state index in [1.54, 1.807) is 24.3 Å². The molecule has 0 heterocycles. The highest BCUT2D eigenvalue weighted by Crippen LogP contribution is 2.15. The summed E-state index contributed by atoms with van der Waals surface area (Å²) in [5.74, 6) is -0.187. The maximum absolute atomic E-state index is 11.8. The summed E-state index contributed by atoms with van der Waals surface area (Å²) >= 11 is 0. The molecule has 0 aliphatic carbocycles. The van der Waals surface area contributed by atoms with Gasteiger partial charge in [0, 0.05) is 11.7 Å². The van der Waals surface area contributed by atoms with Gasteiger partial charge in [0.2, 0.25) is 0 Å². The van der Waals surface area contributed by atoms with Gasteiger partial charge < -0.3 is 20.5 Å². The number of nitrogens with one attached hydrogen (secondary N) is 2. The van der Waals surface area contributed by atoms with E-state index in [4.69, 9.17) is 9.84 Å². The summed E-state index contributed by atoms with van der Waals surface area (Å²) in [6.45, 7) is 4.43. The second-order valence-electron chi connectivity index (χ2n) is 4.64. The molecule has 6 nitrogen and oxygen atoms in total. The van der Waals surface area contributed by atoms with Crippen LogP contribution < -0.4 is 15.4 Å². The van der Waals surface area contributed by atoms with Crippen molar-refractivity contribution in [3.63, 3.8) is 0 Å². The van der Waals surface area contributed by atoms with Gasteiger partial charge in [-0.05, 0) is 37.6 Å². The minimum absolute atomic E-state index is 0.0788. The van der Waals surface area contributed by atoms with Crippen LogP contribution in [0.4, 0.5) is 10.5 Å². The Morgan fingerprint density at radius 1 is 1.24 bits per heavy atom. The summed E-state index contributed by atoms with van der Waals surface area (Å²) in [6.07, 6.45) is 1.36. The van der Waals surface area contributed by atoms with Gasteiger partial charge in [-0.25, -0.2) is 4.79 Å². The molecule has 21 heavy (non-hydrogen) atoms. The van der Waals surface area contributed by atoms with E-state index in [-0.39, 0.29) is 12.5 Å². The smallest absolute Gasteiger partial charge is 0.319 e. The molecule has 0 saturated heterocycles. The number of aliphatic carboxylic acids is 1. The fourth-order valence-electron chi connectivity index (χ4n) is 1.94. The van der Waals surface area contributed by atoms with Gasteiger partial charge in [0.25, 0.3) is 0 Å². The molecule has 1 aromatic rings. The van der Waals surface area contributed by atoms with Gasteiger partial charge in [-0.3, -0.25) is 4.79 Å². The lowest BCUT2D eigenvalue weighted by Crippen LogP contribution is -2.39. The molecule has 0 fully saturated rings. The van der Waals surface area contributed by atoms with Crippen LogP contribution in [0.5, 0.6) is 5.75 Å². The first kappa shape index (κ1) is 16.8. The number of hydrogen-bond acceptors (Lipinski definition) is 3. The van der Waals surface area contributed by atoms with Crippen LogP contribution in [-0.4, -0.2) is 29.8 Å². The maximum Gasteiger partial charge on any atom is 0.319 e. The van der Waals surface area contributed by atoms with Gasteiger partial charge >= 0.3 is 12.0 Å². The van der Waals surface area contributed by atoms with Crippen LogP contribution in [0.15, 0.2) is 24.3 Å². The first-order valence-electron chi connectivity index (χ1n) is 7.07. The Bertz CT molecular complexity index is 459. The van der Waals surface area contributed by atoms with Gasteiger partial charge in [0.15, 0.2) is 0 Å². The summed E-state index contributed by atoms with van der Waals surface area (Å²) in [5, 5.41) is 14.2. The molecule has 0 radical (unpaired) electrons. The van der Waals surface area contributed by atoms with Gasteiger partial charge in [-0.2, -0.15) is 0 Å². The molecule has 0 saturated carbocycles. The molecule has 0 bridgehead atoms. The zero-order valence-electron chi connectivity index (χ0n) is 12.4. The minimum Gasteiger partial charge on any atom is -0.494 e. The zero-order chi connectivity index (χ0) is 15.7. The van der Waals surface area contributed by atoms with Crippen molar-refractivity contribution in [1.29, 1.82) is 0 Å². The first-order valence-corrected chi connectivity index (χ1v) is 7.07. The van der Waals surface area contributed by atoms with Gasteiger partial charge in [0.05, 0.1) is 13.0 Å². The number of benzene rings is 1. The monoisotopic (exact) mass is 294 g/mol. The summed E-state index contributed by atoms with van der Waals surface area (Å²) < 4.78 is 5.31. The molecule has 3 N–H and O–H groups in total. The predicted octanol–water partition coefficient (Wildman–Crippen LogP) is 2.85. The van der Waals surface area contributed by atoms with Crippen LogP contribution in [0.25, 0.3) is 0 Å². The fourth-order valence-corrected chi connectivity index (χ4v) is 1.94. The number of carbonyl (C=O) groups is 2. The number of carboxylic acid groups (broad SMARTS) is 1. The van der Waals surface area contributed by atoms with Crippen molar-refractivity contribution >= 4 is 17.7 Å². The Morgan fingerprint density at radius 2 is 1.90 bits per heavy atom. The van der Waals surface area contributed by atoms with Crippen molar-refractivity contribution in [2.75, 3.05) is 11.9 Å². The highest BCUT2D eigenvalue weighted by molar-refractivity contribution is 5.89. The molecule has 2 amide bonds. The SMILES string of the molecule is CCCC(CC(=O)O)NC(=O)Nc1ccc(OCC)cc1. The van der Waals surface area contributed by atoms with E-state index in [1.165, 1.54) is 0 Å². The lowest BCUT2D eigenvalue weighted by molar-refractivity contribution is -0.137. The third-order valence-electron chi connectivity index (χ3n) is 2.82. The van der Waals surface area contributed by atoms with E-state index in [0.717, 1.165) is 12.2 Å². The van der Waals surface area contributed by atoms with E-state index in [9.17, 15) is 9.59 Å². The van der Waals surface area contributed by atoms with Crippen LogP contribution in [0.1, 0.15) is 33.1 Å². The quantitative estimate of drug-likeness (QED) is 0.688. The van der Waals surface area contributed by atoms with Crippen LogP contribution >= 0.6 is 0 Å². The Hall–Kier alpha value is -2.24. The molecule has 116 valence electrons. The van der Waals surface area contributed by atoms with E-state index in [1.807, 2.05) is 13.8 Å². The molecule has 1 unspecified atom stereocenters. The fraction of sp³-hybridized carbons (Fsp3) is 0.467. The normalized spacial score (nSPS) is 11.5. The van der Waals surface area contributed by atoms with Gasteiger partial charge in [0.1, 0.15) is 5.75 Å². The number of amides is 2. The second kappa shape index (κ2) is 8.84. The van der Waals surface area contributed by atoms with Crippen molar-refractivity contribution in [3.05, 3.63) is 24.3 Å². The Labute approximate surface area is 124 Å². The third-order valence-corrected chi connectivity index (χ3v) is 2.82. The van der Waals surface area contributed by atoms with E-state index < -0.39 is 12.0 Å². The topological polar surface area (TPSA) is 87.7 Å². The van der Waals surface area contributed by atoms with Crippen molar-refractivity contribution < 1.29 is 19.4 Å². The van der Waals surface area contributed by atoms with Gasteiger partial charge in [-0.1, -0.05) is 13.3 Å². The molecule has 0 aliphatic heterocycles. The molecular formula is C15H22N2O4. The number of hydrogen-bond donors (Lipinski definition) is 3.